The highest BCUT2D eigenvalue weighted by Gasteiger charge is 2.23. The predicted octanol–water partition coefficient (Wildman–Crippen LogP) is 2.56. The number of hydrogen-bond acceptors (Lipinski definition) is 6. The van der Waals surface area contributed by atoms with Gasteiger partial charge in [-0.15, -0.1) is 11.3 Å². The molecule has 0 bridgehead atoms. The number of hydroxylamine groups is 1. The summed E-state index contributed by atoms with van der Waals surface area (Å²) in [6, 6.07) is 0. The smallest absolute Gasteiger partial charge is 0.209 e. The molecule has 0 aliphatic carbocycles. The first-order valence-electron chi connectivity index (χ1n) is 5.54. The molecule has 3 heterocycles. The molecule has 0 amide bonds. The lowest BCUT2D eigenvalue weighted by Crippen LogP contribution is -2.17. The standard InChI is InChI=1S/C11H13N3O2S/c1-7-8(2)17-11(13-7)9-10(12-6-15-9)14-4-3-5-16-14/h6H,3-5H2,1-2H3. The molecule has 0 atom stereocenters. The quantitative estimate of drug-likeness (QED) is 0.821. The molecule has 1 saturated heterocycles. The Labute approximate surface area is 103 Å². The molecule has 2 aromatic rings. The summed E-state index contributed by atoms with van der Waals surface area (Å²) < 4.78 is 5.45. The minimum Gasteiger partial charge on any atom is -0.439 e. The van der Waals surface area contributed by atoms with E-state index in [2.05, 4.69) is 16.9 Å². The molecular weight excluding hydrogens is 238 g/mol. The lowest BCUT2D eigenvalue weighted by molar-refractivity contribution is 0.166. The molecule has 0 unspecified atom stereocenters. The second-order valence-corrected chi connectivity index (χ2v) is 5.16. The molecule has 90 valence electrons. The van der Waals surface area contributed by atoms with Crippen molar-refractivity contribution in [2.45, 2.75) is 20.3 Å². The Kier molecular flexibility index (Phi) is 2.60. The number of hydrogen-bond donors (Lipinski definition) is 0. The summed E-state index contributed by atoms with van der Waals surface area (Å²) in [5.41, 5.74) is 1.04. The van der Waals surface area contributed by atoms with Crippen molar-refractivity contribution in [3.63, 3.8) is 0 Å². The third-order valence-corrected chi connectivity index (χ3v) is 3.83. The van der Waals surface area contributed by atoms with E-state index in [1.165, 1.54) is 11.3 Å². The van der Waals surface area contributed by atoms with Crippen molar-refractivity contribution in [2.75, 3.05) is 18.2 Å². The van der Waals surface area contributed by atoms with Crippen LogP contribution in [0.1, 0.15) is 17.0 Å². The second kappa shape index (κ2) is 4.12. The van der Waals surface area contributed by atoms with Crippen LogP contribution in [-0.4, -0.2) is 23.1 Å². The summed E-state index contributed by atoms with van der Waals surface area (Å²) in [7, 11) is 0. The Balaban J connectivity index is 2.00. The Morgan fingerprint density at radius 2 is 2.29 bits per heavy atom. The summed E-state index contributed by atoms with van der Waals surface area (Å²) in [6.45, 7) is 5.64. The van der Waals surface area contributed by atoms with E-state index in [-0.39, 0.29) is 0 Å². The highest BCUT2D eigenvalue weighted by atomic mass is 32.1. The first kappa shape index (κ1) is 10.7. The summed E-state index contributed by atoms with van der Waals surface area (Å²) in [6.07, 6.45) is 2.46. The molecule has 1 aliphatic rings. The van der Waals surface area contributed by atoms with Crippen molar-refractivity contribution in [3.05, 3.63) is 17.0 Å². The Morgan fingerprint density at radius 3 is 2.94 bits per heavy atom. The highest BCUT2D eigenvalue weighted by molar-refractivity contribution is 7.15. The van der Waals surface area contributed by atoms with Gasteiger partial charge in [0.15, 0.2) is 11.4 Å². The average Bonchev–Trinajstić information content (AvgIpc) is 3.00. The Hall–Kier alpha value is -1.40. The van der Waals surface area contributed by atoms with Crippen LogP contribution >= 0.6 is 11.3 Å². The average molecular weight is 251 g/mol. The van der Waals surface area contributed by atoms with Gasteiger partial charge in [0.25, 0.3) is 0 Å². The maximum absolute atomic E-state index is 5.48. The third-order valence-electron chi connectivity index (χ3n) is 2.76. The second-order valence-electron chi connectivity index (χ2n) is 3.95. The van der Waals surface area contributed by atoms with Gasteiger partial charge >= 0.3 is 0 Å². The lowest BCUT2D eigenvalue weighted by Gasteiger charge is -2.12. The molecule has 5 nitrogen and oxygen atoms in total. The monoisotopic (exact) mass is 251 g/mol. The molecule has 3 rings (SSSR count). The Bertz CT molecular complexity index is 509. The van der Waals surface area contributed by atoms with E-state index < -0.39 is 0 Å². The largest absolute Gasteiger partial charge is 0.439 e. The number of rotatable bonds is 2. The van der Waals surface area contributed by atoms with Crippen molar-refractivity contribution >= 4 is 17.2 Å². The van der Waals surface area contributed by atoms with E-state index in [1.807, 2.05) is 6.92 Å². The molecule has 2 aromatic heterocycles. The van der Waals surface area contributed by atoms with Crippen LogP contribution in [0.4, 0.5) is 5.82 Å². The molecule has 1 aliphatic heterocycles. The topological polar surface area (TPSA) is 51.4 Å². The fourth-order valence-corrected chi connectivity index (χ4v) is 2.65. The van der Waals surface area contributed by atoms with Crippen molar-refractivity contribution in [2.24, 2.45) is 0 Å². The number of nitrogens with zero attached hydrogens (tertiary/aromatic N) is 3. The van der Waals surface area contributed by atoms with Gasteiger partial charge in [-0.3, -0.25) is 4.84 Å². The van der Waals surface area contributed by atoms with E-state index in [0.29, 0.717) is 5.76 Å². The van der Waals surface area contributed by atoms with Gasteiger partial charge in [0, 0.05) is 11.4 Å². The first-order valence-corrected chi connectivity index (χ1v) is 6.35. The number of thiazole rings is 1. The number of aromatic nitrogens is 2. The minimum absolute atomic E-state index is 0.702. The number of aryl methyl sites for hydroxylation is 2. The van der Waals surface area contributed by atoms with Gasteiger partial charge in [0.1, 0.15) is 0 Å². The highest BCUT2D eigenvalue weighted by Crippen LogP contribution is 2.34. The molecule has 0 N–H and O–H groups in total. The van der Waals surface area contributed by atoms with Crippen molar-refractivity contribution in [1.82, 2.24) is 9.97 Å². The maximum Gasteiger partial charge on any atom is 0.209 e. The molecule has 1 fully saturated rings. The van der Waals surface area contributed by atoms with E-state index in [1.54, 1.807) is 16.4 Å². The van der Waals surface area contributed by atoms with Gasteiger partial charge in [0.2, 0.25) is 11.6 Å². The van der Waals surface area contributed by atoms with Gasteiger partial charge in [-0.25, -0.2) is 10.0 Å². The summed E-state index contributed by atoms with van der Waals surface area (Å²) in [4.78, 5) is 15.4. The van der Waals surface area contributed by atoms with Crippen LogP contribution in [0.3, 0.4) is 0 Å². The lowest BCUT2D eigenvalue weighted by atomic mass is 10.4. The van der Waals surface area contributed by atoms with Crippen LogP contribution in [0.15, 0.2) is 10.8 Å². The van der Waals surface area contributed by atoms with Crippen LogP contribution in [0.2, 0.25) is 0 Å². The number of oxazole rings is 1. The zero-order valence-corrected chi connectivity index (χ0v) is 10.6. The first-order chi connectivity index (χ1) is 8.25. The summed E-state index contributed by atoms with van der Waals surface area (Å²) in [5, 5.41) is 2.65. The van der Waals surface area contributed by atoms with Gasteiger partial charge < -0.3 is 4.42 Å². The molecule has 0 saturated carbocycles. The van der Waals surface area contributed by atoms with Crippen LogP contribution in [0.25, 0.3) is 10.8 Å². The molecule has 0 radical (unpaired) electrons. The van der Waals surface area contributed by atoms with Gasteiger partial charge in [-0.2, -0.15) is 4.98 Å². The van der Waals surface area contributed by atoms with Crippen LogP contribution in [0.5, 0.6) is 0 Å². The fourth-order valence-electron chi connectivity index (χ4n) is 1.75. The maximum atomic E-state index is 5.48. The molecule has 17 heavy (non-hydrogen) atoms. The van der Waals surface area contributed by atoms with E-state index in [4.69, 9.17) is 9.25 Å². The third kappa shape index (κ3) is 1.83. The van der Waals surface area contributed by atoms with Crippen molar-refractivity contribution in [3.8, 4) is 10.8 Å². The van der Waals surface area contributed by atoms with Crippen LogP contribution in [-0.2, 0) is 4.84 Å². The van der Waals surface area contributed by atoms with E-state index >= 15 is 0 Å². The Morgan fingerprint density at radius 1 is 1.41 bits per heavy atom. The van der Waals surface area contributed by atoms with E-state index in [0.717, 1.165) is 36.1 Å². The zero-order valence-electron chi connectivity index (χ0n) is 9.77. The SMILES string of the molecule is Cc1nc(-c2ocnc2N2CCCO2)sc1C. The predicted molar refractivity (Wildman–Crippen MR) is 65.0 cm³/mol. The summed E-state index contributed by atoms with van der Waals surface area (Å²) >= 11 is 1.62. The van der Waals surface area contributed by atoms with Crippen molar-refractivity contribution < 1.29 is 9.25 Å². The van der Waals surface area contributed by atoms with Gasteiger partial charge in [-0.1, -0.05) is 0 Å². The number of anilines is 1. The molecule has 0 aromatic carbocycles. The molecular formula is C11H13N3O2S. The molecule has 0 spiro atoms. The molecule has 6 heteroatoms. The van der Waals surface area contributed by atoms with Gasteiger partial charge in [-0.05, 0) is 20.3 Å². The normalized spacial score (nSPS) is 15.8. The van der Waals surface area contributed by atoms with Crippen LogP contribution < -0.4 is 5.06 Å². The van der Waals surface area contributed by atoms with Crippen molar-refractivity contribution in [1.29, 1.82) is 0 Å². The zero-order chi connectivity index (χ0) is 11.8. The summed E-state index contributed by atoms with van der Waals surface area (Å²) in [5.74, 6) is 1.43. The minimum atomic E-state index is 0.702. The fraction of sp³-hybridized carbons (Fsp3) is 0.455. The van der Waals surface area contributed by atoms with Gasteiger partial charge in [0.05, 0.1) is 12.3 Å². The van der Waals surface area contributed by atoms with E-state index in [9.17, 15) is 0 Å². The van der Waals surface area contributed by atoms with Crippen LogP contribution in [0, 0.1) is 13.8 Å².